The standard InChI is InChI=1S/C7H8F3NOS/c1-4(12-11)5-2-3-6(13-5)7(8,9)10/h2-4H,11H2,1H3. The fraction of sp³-hybridized carbons (Fsp3) is 0.429. The summed E-state index contributed by atoms with van der Waals surface area (Å²) in [5.41, 5.74) is 0. The van der Waals surface area contributed by atoms with E-state index in [9.17, 15) is 13.2 Å². The van der Waals surface area contributed by atoms with Crippen LogP contribution < -0.4 is 5.90 Å². The quantitative estimate of drug-likeness (QED) is 0.763. The van der Waals surface area contributed by atoms with Crippen molar-refractivity contribution in [1.29, 1.82) is 0 Å². The SMILES string of the molecule is CC(ON)c1ccc(C(F)(F)F)s1. The molecule has 1 heterocycles. The third-order valence-corrected chi connectivity index (χ3v) is 2.80. The van der Waals surface area contributed by atoms with Gasteiger partial charge in [0.15, 0.2) is 0 Å². The topological polar surface area (TPSA) is 35.2 Å². The minimum atomic E-state index is -4.28. The van der Waals surface area contributed by atoms with E-state index >= 15 is 0 Å². The van der Waals surface area contributed by atoms with Crippen molar-refractivity contribution >= 4 is 11.3 Å². The Balaban J connectivity index is 2.87. The van der Waals surface area contributed by atoms with E-state index in [-0.39, 0.29) is 0 Å². The van der Waals surface area contributed by atoms with Crippen LogP contribution in [0.25, 0.3) is 0 Å². The van der Waals surface area contributed by atoms with Gasteiger partial charge in [0.05, 0.1) is 0 Å². The van der Waals surface area contributed by atoms with Crippen LogP contribution in [0.2, 0.25) is 0 Å². The molecule has 0 aliphatic carbocycles. The van der Waals surface area contributed by atoms with Crippen LogP contribution in [0.15, 0.2) is 12.1 Å². The van der Waals surface area contributed by atoms with Gasteiger partial charge in [0.25, 0.3) is 0 Å². The number of hydrogen-bond donors (Lipinski definition) is 1. The maximum absolute atomic E-state index is 12.1. The lowest BCUT2D eigenvalue weighted by Gasteiger charge is -2.05. The molecule has 1 aromatic heterocycles. The zero-order valence-electron chi connectivity index (χ0n) is 6.76. The van der Waals surface area contributed by atoms with Gasteiger partial charge in [0.1, 0.15) is 11.0 Å². The molecule has 0 spiro atoms. The molecule has 6 heteroatoms. The van der Waals surface area contributed by atoms with E-state index in [1.54, 1.807) is 6.92 Å². The number of thiophene rings is 1. The zero-order valence-corrected chi connectivity index (χ0v) is 7.58. The lowest BCUT2D eigenvalue weighted by Crippen LogP contribution is -2.03. The van der Waals surface area contributed by atoms with Crippen LogP contribution in [0.3, 0.4) is 0 Å². The predicted octanol–water partition coefficient (Wildman–Crippen LogP) is 2.72. The molecule has 2 nitrogen and oxygen atoms in total. The molecular weight excluding hydrogens is 203 g/mol. The Hall–Kier alpha value is -0.590. The number of halogens is 3. The Morgan fingerprint density at radius 1 is 1.46 bits per heavy atom. The van der Waals surface area contributed by atoms with Crippen LogP contribution in [0.4, 0.5) is 13.2 Å². The van der Waals surface area contributed by atoms with Gasteiger partial charge in [-0.25, -0.2) is 5.90 Å². The molecule has 1 unspecified atom stereocenters. The van der Waals surface area contributed by atoms with Gasteiger partial charge in [-0.15, -0.1) is 11.3 Å². The molecule has 0 saturated heterocycles. The molecule has 1 rings (SSSR count). The third kappa shape index (κ3) is 2.43. The van der Waals surface area contributed by atoms with Crippen molar-refractivity contribution in [3.8, 4) is 0 Å². The molecule has 0 saturated carbocycles. The third-order valence-electron chi connectivity index (χ3n) is 1.51. The van der Waals surface area contributed by atoms with Gasteiger partial charge >= 0.3 is 6.18 Å². The summed E-state index contributed by atoms with van der Waals surface area (Å²) in [5.74, 6) is 4.85. The van der Waals surface area contributed by atoms with Gasteiger partial charge in [-0.1, -0.05) is 0 Å². The fourth-order valence-corrected chi connectivity index (χ4v) is 1.65. The van der Waals surface area contributed by atoms with Crippen molar-refractivity contribution in [2.24, 2.45) is 5.90 Å². The van der Waals surface area contributed by atoms with Crippen LogP contribution in [-0.2, 0) is 11.0 Å². The highest BCUT2D eigenvalue weighted by Gasteiger charge is 2.32. The summed E-state index contributed by atoms with van der Waals surface area (Å²) in [4.78, 5) is 4.24. The smallest absolute Gasteiger partial charge is 0.296 e. The van der Waals surface area contributed by atoms with Crippen molar-refractivity contribution in [2.45, 2.75) is 19.2 Å². The summed E-state index contributed by atoms with van der Waals surface area (Å²) in [5, 5.41) is 0. The molecule has 0 radical (unpaired) electrons. The van der Waals surface area contributed by atoms with Gasteiger partial charge in [-0.3, -0.25) is 4.84 Å². The first-order valence-corrected chi connectivity index (χ1v) is 4.29. The van der Waals surface area contributed by atoms with Gasteiger partial charge in [0.2, 0.25) is 0 Å². The van der Waals surface area contributed by atoms with Crippen molar-refractivity contribution in [1.82, 2.24) is 0 Å². The Bertz CT molecular complexity index is 284. The van der Waals surface area contributed by atoms with Gasteiger partial charge in [-0.2, -0.15) is 13.2 Å². The Morgan fingerprint density at radius 2 is 2.08 bits per heavy atom. The average Bonchev–Trinajstić information content (AvgIpc) is 2.50. The summed E-state index contributed by atoms with van der Waals surface area (Å²) in [6.45, 7) is 1.59. The lowest BCUT2D eigenvalue weighted by molar-refractivity contribution is -0.134. The highest BCUT2D eigenvalue weighted by Crippen LogP contribution is 2.36. The van der Waals surface area contributed by atoms with E-state index in [1.165, 1.54) is 6.07 Å². The van der Waals surface area contributed by atoms with E-state index in [0.717, 1.165) is 6.07 Å². The average molecular weight is 211 g/mol. The molecule has 0 fully saturated rings. The maximum atomic E-state index is 12.1. The molecule has 1 aromatic rings. The van der Waals surface area contributed by atoms with Gasteiger partial charge in [0, 0.05) is 4.88 Å². The van der Waals surface area contributed by atoms with Crippen LogP contribution >= 0.6 is 11.3 Å². The minimum Gasteiger partial charge on any atom is -0.296 e. The molecule has 74 valence electrons. The predicted molar refractivity (Wildman–Crippen MR) is 43.0 cm³/mol. The number of alkyl halides is 3. The van der Waals surface area contributed by atoms with Crippen molar-refractivity contribution in [3.05, 3.63) is 21.9 Å². The van der Waals surface area contributed by atoms with E-state index < -0.39 is 17.2 Å². The monoisotopic (exact) mass is 211 g/mol. The molecule has 13 heavy (non-hydrogen) atoms. The van der Waals surface area contributed by atoms with Crippen molar-refractivity contribution in [3.63, 3.8) is 0 Å². The molecule has 1 atom stereocenters. The van der Waals surface area contributed by atoms with Crippen LogP contribution in [0.1, 0.15) is 22.8 Å². The van der Waals surface area contributed by atoms with Gasteiger partial charge < -0.3 is 0 Å². The van der Waals surface area contributed by atoms with Crippen molar-refractivity contribution < 1.29 is 18.0 Å². The Labute approximate surface area is 77.1 Å². The van der Waals surface area contributed by atoms with Crippen LogP contribution in [0, 0.1) is 0 Å². The first kappa shape index (κ1) is 10.5. The molecular formula is C7H8F3NOS. The first-order valence-electron chi connectivity index (χ1n) is 3.47. The Kier molecular flexibility index (Phi) is 2.94. The number of nitrogens with two attached hydrogens (primary N) is 1. The zero-order chi connectivity index (χ0) is 10.1. The Morgan fingerprint density at radius 3 is 2.46 bits per heavy atom. The van der Waals surface area contributed by atoms with E-state index in [0.29, 0.717) is 16.2 Å². The highest BCUT2D eigenvalue weighted by molar-refractivity contribution is 7.12. The minimum absolute atomic E-state index is 0.467. The number of hydrogen-bond acceptors (Lipinski definition) is 3. The van der Waals surface area contributed by atoms with Crippen molar-refractivity contribution in [2.75, 3.05) is 0 Å². The normalized spacial score (nSPS) is 14.5. The summed E-state index contributed by atoms with van der Waals surface area (Å²) in [6.07, 6.45) is -4.78. The molecule has 0 bridgehead atoms. The fourth-order valence-electron chi connectivity index (χ4n) is 0.791. The van der Waals surface area contributed by atoms with E-state index in [4.69, 9.17) is 5.90 Å². The molecule has 0 amide bonds. The largest absolute Gasteiger partial charge is 0.425 e. The maximum Gasteiger partial charge on any atom is 0.425 e. The van der Waals surface area contributed by atoms with Crippen LogP contribution in [0.5, 0.6) is 0 Å². The molecule has 2 N–H and O–H groups in total. The summed E-state index contributed by atoms with van der Waals surface area (Å²) < 4.78 is 36.3. The summed E-state index contributed by atoms with van der Waals surface area (Å²) in [6, 6.07) is 2.39. The second kappa shape index (κ2) is 3.65. The highest BCUT2D eigenvalue weighted by atomic mass is 32.1. The second-order valence-electron chi connectivity index (χ2n) is 2.48. The van der Waals surface area contributed by atoms with E-state index in [1.807, 2.05) is 0 Å². The van der Waals surface area contributed by atoms with Crippen LogP contribution in [-0.4, -0.2) is 0 Å². The van der Waals surface area contributed by atoms with E-state index in [2.05, 4.69) is 4.84 Å². The molecule has 0 aliphatic heterocycles. The second-order valence-corrected chi connectivity index (χ2v) is 3.59. The first-order chi connectivity index (χ1) is 5.95. The summed E-state index contributed by atoms with van der Waals surface area (Å²) in [7, 11) is 0. The summed E-state index contributed by atoms with van der Waals surface area (Å²) >= 11 is 0.642. The lowest BCUT2D eigenvalue weighted by atomic mass is 10.3. The van der Waals surface area contributed by atoms with Gasteiger partial charge in [-0.05, 0) is 19.1 Å². The molecule has 0 aromatic carbocycles. The number of rotatable bonds is 2. The molecule has 0 aliphatic rings.